The molecule has 0 spiro atoms. The van der Waals surface area contributed by atoms with E-state index in [1.807, 2.05) is 35.6 Å². The van der Waals surface area contributed by atoms with Crippen LogP contribution in [0.4, 0.5) is 0 Å². The van der Waals surface area contributed by atoms with E-state index in [1.165, 1.54) is 0 Å². The second-order valence-electron chi connectivity index (χ2n) is 5.99. The third kappa shape index (κ3) is 5.45. The van der Waals surface area contributed by atoms with Gasteiger partial charge in [0, 0.05) is 31.6 Å². The summed E-state index contributed by atoms with van der Waals surface area (Å²) in [5.41, 5.74) is 0.935. The van der Waals surface area contributed by atoms with Gasteiger partial charge in [0.25, 0.3) is 0 Å². The number of ether oxygens (including phenoxy) is 1. The van der Waals surface area contributed by atoms with Gasteiger partial charge >= 0.3 is 0 Å². The molecule has 2 heterocycles. The molecule has 0 aromatic carbocycles. The SMILES string of the molecule is CCCNC(=O)CN(C)Cn1nc(-c2ccncc2)n(CCOC)c1=S. The molecule has 2 aromatic rings. The third-order valence-electron chi connectivity index (χ3n) is 3.74. The Morgan fingerprint density at radius 1 is 1.38 bits per heavy atom. The summed E-state index contributed by atoms with van der Waals surface area (Å²) in [6.07, 6.45) is 4.37. The number of pyridine rings is 1. The van der Waals surface area contributed by atoms with Crippen LogP contribution in [-0.2, 0) is 22.7 Å². The number of nitrogens with one attached hydrogen (secondary N) is 1. The first-order valence-corrected chi connectivity index (χ1v) is 8.99. The molecule has 1 N–H and O–H groups in total. The van der Waals surface area contributed by atoms with Crippen LogP contribution >= 0.6 is 12.2 Å². The van der Waals surface area contributed by atoms with E-state index < -0.39 is 0 Å². The smallest absolute Gasteiger partial charge is 0.234 e. The molecule has 0 bridgehead atoms. The van der Waals surface area contributed by atoms with Crippen LogP contribution in [0.15, 0.2) is 24.5 Å². The van der Waals surface area contributed by atoms with E-state index in [0.29, 0.717) is 31.1 Å². The summed E-state index contributed by atoms with van der Waals surface area (Å²) in [7, 11) is 3.52. The number of hydrogen-bond donors (Lipinski definition) is 1. The van der Waals surface area contributed by atoms with Crippen LogP contribution in [-0.4, -0.2) is 64.0 Å². The third-order valence-corrected chi connectivity index (χ3v) is 4.17. The fourth-order valence-corrected chi connectivity index (χ4v) is 2.75. The normalized spacial score (nSPS) is 11.1. The van der Waals surface area contributed by atoms with E-state index in [1.54, 1.807) is 24.2 Å². The number of carbonyl (C=O) groups excluding carboxylic acids is 1. The molecule has 2 rings (SSSR count). The van der Waals surface area contributed by atoms with Crippen molar-refractivity contribution in [1.29, 1.82) is 0 Å². The number of rotatable bonds is 10. The summed E-state index contributed by atoms with van der Waals surface area (Å²) >= 11 is 5.59. The van der Waals surface area contributed by atoms with Gasteiger partial charge in [0.05, 0.1) is 26.4 Å². The van der Waals surface area contributed by atoms with Crippen molar-refractivity contribution < 1.29 is 9.53 Å². The van der Waals surface area contributed by atoms with Crippen molar-refractivity contribution in [2.45, 2.75) is 26.6 Å². The number of nitrogens with zero attached hydrogens (tertiary/aromatic N) is 5. The highest BCUT2D eigenvalue weighted by Gasteiger charge is 2.14. The predicted octanol–water partition coefficient (Wildman–Crippen LogP) is 1.54. The summed E-state index contributed by atoms with van der Waals surface area (Å²) in [5, 5.41) is 7.53. The molecule has 8 nitrogen and oxygen atoms in total. The first-order chi connectivity index (χ1) is 12.6. The largest absolute Gasteiger partial charge is 0.383 e. The van der Waals surface area contributed by atoms with Crippen molar-refractivity contribution in [3.8, 4) is 11.4 Å². The average Bonchev–Trinajstić information content (AvgIpc) is 2.94. The predicted molar refractivity (Wildman–Crippen MR) is 102 cm³/mol. The van der Waals surface area contributed by atoms with E-state index in [-0.39, 0.29) is 12.5 Å². The minimum atomic E-state index is -0.00552. The van der Waals surface area contributed by atoms with Gasteiger partial charge in [0.15, 0.2) is 10.6 Å². The molecule has 0 aliphatic carbocycles. The zero-order chi connectivity index (χ0) is 18.9. The van der Waals surface area contributed by atoms with Gasteiger partial charge in [-0.25, -0.2) is 4.68 Å². The molecule has 0 fully saturated rings. The summed E-state index contributed by atoms with van der Waals surface area (Å²) in [6.45, 7) is 4.56. The van der Waals surface area contributed by atoms with Crippen LogP contribution in [0.1, 0.15) is 13.3 Å². The minimum Gasteiger partial charge on any atom is -0.383 e. The van der Waals surface area contributed by atoms with Crippen molar-refractivity contribution in [3.63, 3.8) is 0 Å². The molecule has 0 aliphatic rings. The van der Waals surface area contributed by atoms with Crippen molar-refractivity contribution in [1.82, 2.24) is 29.5 Å². The highest BCUT2D eigenvalue weighted by atomic mass is 32.1. The second kappa shape index (κ2) is 10.1. The Morgan fingerprint density at radius 2 is 2.12 bits per heavy atom. The number of amides is 1. The van der Waals surface area contributed by atoms with Gasteiger partial charge in [-0.1, -0.05) is 6.92 Å². The molecule has 0 aliphatic heterocycles. The molecule has 0 atom stereocenters. The number of hydrogen-bond acceptors (Lipinski definition) is 6. The molecular weight excluding hydrogens is 352 g/mol. The van der Waals surface area contributed by atoms with Crippen LogP contribution in [0.2, 0.25) is 0 Å². The summed E-state index contributed by atoms with van der Waals surface area (Å²) in [5.74, 6) is 0.757. The first kappa shape index (κ1) is 20.2. The quantitative estimate of drug-likeness (QED) is 0.632. The molecule has 2 aromatic heterocycles. The van der Waals surface area contributed by atoms with E-state index in [0.717, 1.165) is 17.8 Å². The molecule has 1 amide bonds. The standard InChI is InChI=1S/C17H26N6O2S/c1-4-7-19-15(24)12-21(2)13-23-17(26)22(10-11-25-3)16(20-23)14-5-8-18-9-6-14/h5-6,8-9H,4,7,10-13H2,1-3H3,(H,19,24). The van der Waals surface area contributed by atoms with Gasteiger partial charge in [0.1, 0.15) is 0 Å². The molecule has 142 valence electrons. The van der Waals surface area contributed by atoms with Crippen LogP contribution in [0.25, 0.3) is 11.4 Å². The Labute approximate surface area is 158 Å². The van der Waals surface area contributed by atoms with Gasteiger partial charge in [-0.2, -0.15) is 5.10 Å². The molecular formula is C17H26N6O2S. The lowest BCUT2D eigenvalue weighted by molar-refractivity contribution is -0.122. The lowest BCUT2D eigenvalue weighted by Crippen LogP contribution is -2.36. The monoisotopic (exact) mass is 378 g/mol. The molecule has 0 saturated carbocycles. The van der Waals surface area contributed by atoms with Gasteiger partial charge in [0.2, 0.25) is 5.91 Å². The van der Waals surface area contributed by atoms with Gasteiger partial charge in [-0.15, -0.1) is 0 Å². The van der Waals surface area contributed by atoms with Crippen molar-refractivity contribution in [3.05, 3.63) is 29.3 Å². The molecule has 0 unspecified atom stereocenters. The Morgan fingerprint density at radius 3 is 2.77 bits per heavy atom. The molecule has 0 saturated heterocycles. The highest BCUT2D eigenvalue weighted by molar-refractivity contribution is 7.71. The van der Waals surface area contributed by atoms with E-state index in [2.05, 4.69) is 15.4 Å². The molecule has 0 radical (unpaired) electrons. The summed E-state index contributed by atoms with van der Waals surface area (Å²) < 4.78 is 9.46. The van der Waals surface area contributed by atoms with Crippen molar-refractivity contribution >= 4 is 18.1 Å². The lowest BCUT2D eigenvalue weighted by atomic mass is 10.2. The summed E-state index contributed by atoms with van der Waals surface area (Å²) in [4.78, 5) is 17.8. The number of methoxy groups -OCH3 is 1. The maximum Gasteiger partial charge on any atom is 0.234 e. The average molecular weight is 379 g/mol. The number of likely N-dealkylation sites (N-methyl/N-ethyl adjacent to an activating group) is 1. The Kier molecular flexibility index (Phi) is 7.89. The zero-order valence-corrected chi connectivity index (χ0v) is 16.3. The van der Waals surface area contributed by atoms with Crippen LogP contribution in [0, 0.1) is 4.77 Å². The fraction of sp³-hybridized carbons (Fsp3) is 0.529. The Balaban J connectivity index is 2.19. The van der Waals surface area contributed by atoms with Crippen LogP contribution in [0.5, 0.6) is 0 Å². The first-order valence-electron chi connectivity index (χ1n) is 8.59. The van der Waals surface area contributed by atoms with Gasteiger partial charge in [-0.05, 0) is 37.8 Å². The van der Waals surface area contributed by atoms with Crippen LogP contribution < -0.4 is 5.32 Å². The maximum absolute atomic E-state index is 11.9. The molecule has 26 heavy (non-hydrogen) atoms. The second-order valence-corrected chi connectivity index (χ2v) is 6.36. The lowest BCUT2D eigenvalue weighted by Gasteiger charge is -2.15. The van der Waals surface area contributed by atoms with E-state index in [4.69, 9.17) is 17.0 Å². The minimum absolute atomic E-state index is 0.00552. The fourth-order valence-electron chi connectivity index (χ4n) is 2.48. The van der Waals surface area contributed by atoms with E-state index in [9.17, 15) is 4.79 Å². The summed E-state index contributed by atoms with van der Waals surface area (Å²) in [6, 6.07) is 3.79. The molecule has 9 heteroatoms. The Hall–Kier alpha value is -2.10. The maximum atomic E-state index is 11.9. The van der Waals surface area contributed by atoms with Crippen molar-refractivity contribution in [2.24, 2.45) is 0 Å². The number of aromatic nitrogens is 4. The Bertz CT molecular complexity index is 758. The van der Waals surface area contributed by atoms with Crippen LogP contribution in [0.3, 0.4) is 0 Å². The zero-order valence-electron chi connectivity index (χ0n) is 15.5. The van der Waals surface area contributed by atoms with E-state index >= 15 is 0 Å². The van der Waals surface area contributed by atoms with Crippen molar-refractivity contribution in [2.75, 3.05) is 33.9 Å². The van der Waals surface area contributed by atoms with Gasteiger partial charge in [-0.3, -0.25) is 19.2 Å². The van der Waals surface area contributed by atoms with Gasteiger partial charge < -0.3 is 10.1 Å². The number of carbonyl (C=O) groups is 1. The topological polar surface area (TPSA) is 77.2 Å². The highest BCUT2D eigenvalue weighted by Crippen LogP contribution is 2.17.